The van der Waals surface area contributed by atoms with Crippen molar-refractivity contribution >= 4 is 23.2 Å². The van der Waals surface area contributed by atoms with Gasteiger partial charge < -0.3 is 10.1 Å². The quantitative estimate of drug-likeness (QED) is 0.793. The lowest BCUT2D eigenvalue weighted by Gasteiger charge is -2.23. The van der Waals surface area contributed by atoms with E-state index >= 15 is 0 Å². The predicted octanol–water partition coefficient (Wildman–Crippen LogP) is 5.41. The van der Waals surface area contributed by atoms with Crippen molar-refractivity contribution in [3.63, 3.8) is 0 Å². The first kappa shape index (κ1) is 16.2. The topological polar surface area (TPSA) is 21.3 Å². The largest absolute Gasteiger partial charge is 0.496 e. The lowest BCUT2D eigenvalue weighted by atomic mass is 10.0. The van der Waals surface area contributed by atoms with Gasteiger partial charge in [0.2, 0.25) is 0 Å². The molecule has 2 aromatic carbocycles. The second-order valence-electron chi connectivity index (χ2n) is 5.02. The zero-order chi connectivity index (χ0) is 15.4. The van der Waals surface area contributed by atoms with Crippen molar-refractivity contribution in [2.45, 2.75) is 25.9 Å². The molecule has 1 unspecified atom stereocenters. The average Bonchev–Trinajstić information content (AvgIpc) is 2.46. The van der Waals surface area contributed by atoms with E-state index in [4.69, 9.17) is 27.9 Å². The van der Waals surface area contributed by atoms with Crippen LogP contribution in [0, 0.1) is 0 Å². The maximum absolute atomic E-state index is 6.26. The van der Waals surface area contributed by atoms with Crippen LogP contribution in [-0.2, 0) is 0 Å². The minimum atomic E-state index is 0.106. The zero-order valence-electron chi connectivity index (χ0n) is 12.4. The van der Waals surface area contributed by atoms with Gasteiger partial charge in [-0.1, -0.05) is 47.5 Å². The Labute approximate surface area is 136 Å². The maximum Gasteiger partial charge on any atom is 0.123 e. The number of hydrogen-bond acceptors (Lipinski definition) is 2. The molecule has 0 spiro atoms. The number of benzene rings is 2. The number of halogens is 2. The van der Waals surface area contributed by atoms with Crippen LogP contribution in [0.1, 0.15) is 37.1 Å². The van der Waals surface area contributed by atoms with Crippen LogP contribution in [0.25, 0.3) is 0 Å². The van der Waals surface area contributed by atoms with Crippen LogP contribution >= 0.6 is 23.2 Å². The first-order chi connectivity index (χ1) is 10.0. The fourth-order valence-corrected chi connectivity index (χ4v) is 3.00. The van der Waals surface area contributed by atoms with Crippen LogP contribution in [-0.4, -0.2) is 7.11 Å². The van der Waals surface area contributed by atoms with Gasteiger partial charge >= 0.3 is 0 Å². The van der Waals surface area contributed by atoms with Crippen molar-refractivity contribution in [2.75, 3.05) is 7.11 Å². The fourth-order valence-electron chi connectivity index (χ4n) is 2.43. The SMILES string of the molecule is COc1ccccc1[C@@H](C)NC(C)c1ccc(Cl)cc1Cl. The fraction of sp³-hybridized carbons (Fsp3) is 0.294. The number of ether oxygens (including phenoxy) is 1. The molecule has 21 heavy (non-hydrogen) atoms. The molecule has 2 atom stereocenters. The molecule has 2 nitrogen and oxygen atoms in total. The minimum Gasteiger partial charge on any atom is -0.496 e. The third-order valence-electron chi connectivity index (χ3n) is 3.53. The molecule has 0 aliphatic rings. The third-order valence-corrected chi connectivity index (χ3v) is 4.10. The molecule has 0 radical (unpaired) electrons. The summed E-state index contributed by atoms with van der Waals surface area (Å²) in [4.78, 5) is 0. The van der Waals surface area contributed by atoms with Gasteiger partial charge in [0.05, 0.1) is 7.11 Å². The molecule has 0 amide bonds. The average molecular weight is 324 g/mol. The van der Waals surface area contributed by atoms with Gasteiger partial charge in [-0.2, -0.15) is 0 Å². The van der Waals surface area contributed by atoms with Gasteiger partial charge in [-0.25, -0.2) is 0 Å². The number of methoxy groups -OCH3 is 1. The highest BCUT2D eigenvalue weighted by Gasteiger charge is 2.16. The summed E-state index contributed by atoms with van der Waals surface area (Å²) < 4.78 is 5.41. The lowest BCUT2D eigenvalue weighted by molar-refractivity contribution is 0.396. The standard InChI is InChI=1S/C17H19Cl2NO/c1-11(14-9-8-13(18)10-16(14)19)20-12(2)15-6-4-5-7-17(15)21-3/h4-12,20H,1-3H3/t11?,12-/m1/s1. The normalized spacial score (nSPS) is 13.8. The van der Waals surface area contributed by atoms with Crippen molar-refractivity contribution in [1.29, 1.82) is 0 Å². The Kier molecular flexibility index (Phi) is 5.51. The van der Waals surface area contributed by atoms with Crippen molar-refractivity contribution in [3.8, 4) is 5.75 Å². The molecule has 1 N–H and O–H groups in total. The number of rotatable bonds is 5. The molecular weight excluding hydrogens is 305 g/mol. The van der Waals surface area contributed by atoms with Crippen molar-refractivity contribution in [1.82, 2.24) is 5.32 Å². The number of nitrogens with one attached hydrogen (secondary N) is 1. The lowest BCUT2D eigenvalue weighted by Crippen LogP contribution is -2.23. The number of hydrogen-bond donors (Lipinski definition) is 1. The Hall–Kier alpha value is -1.22. The second-order valence-corrected chi connectivity index (χ2v) is 5.86. The molecule has 112 valence electrons. The highest BCUT2D eigenvalue weighted by Crippen LogP contribution is 2.30. The monoisotopic (exact) mass is 323 g/mol. The first-order valence-corrected chi connectivity index (χ1v) is 7.62. The molecule has 0 aromatic heterocycles. The molecule has 0 saturated carbocycles. The van der Waals surface area contributed by atoms with Gasteiger partial charge in [0.1, 0.15) is 5.75 Å². The predicted molar refractivity (Wildman–Crippen MR) is 89.4 cm³/mol. The number of para-hydroxylation sites is 1. The van der Waals surface area contributed by atoms with E-state index in [0.29, 0.717) is 10.0 Å². The summed E-state index contributed by atoms with van der Waals surface area (Å²) in [5.41, 5.74) is 2.15. The van der Waals surface area contributed by atoms with Crippen LogP contribution in [0.2, 0.25) is 10.0 Å². The Bertz CT molecular complexity index is 615. The van der Waals surface area contributed by atoms with Crippen LogP contribution in [0.5, 0.6) is 5.75 Å². The molecule has 2 rings (SSSR count). The highest BCUT2D eigenvalue weighted by molar-refractivity contribution is 6.35. The van der Waals surface area contributed by atoms with Crippen molar-refractivity contribution in [3.05, 3.63) is 63.6 Å². The minimum absolute atomic E-state index is 0.106. The van der Waals surface area contributed by atoms with Crippen LogP contribution in [0.15, 0.2) is 42.5 Å². The van der Waals surface area contributed by atoms with E-state index in [-0.39, 0.29) is 12.1 Å². The molecule has 0 heterocycles. The summed E-state index contributed by atoms with van der Waals surface area (Å²) >= 11 is 12.2. The van der Waals surface area contributed by atoms with Crippen molar-refractivity contribution in [2.24, 2.45) is 0 Å². The molecule has 0 bridgehead atoms. The molecule has 0 saturated heterocycles. The van der Waals surface area contributed by atoms with Gasteiger partial charge in [0.25, 0.3) is 0 Å². The van der Waals surface area contributed by atoms with E-state index in [1.165, 1.54) is 0 Å². The molecule has 0 aliphatic carbocycles. The van der Waals surface area contributed by atoms with Crippen LogP contribution in [0.3, 0.4) is 0 Å². The van der Waals surface area contributed by atoms with E-state index < -0.39 is 0 Å². The van der Waals surface area contributed by atoms with Gasteiger partial charge in [-0.05, 0) is 37.6 Å². The summed E-state index contributed by atoms with van der Waals surface area (Å²) in [5.74, 6) is 0.881. The van der Waals surface area contributed by atoms with E-state index in [0.717, 1.165) is 16.9 Å². The molecule has 4 heteroatoms. The summed E-state index contributed by atoms with van der Waals surface area (Å²) in [6.07, 6.45) is 0. The van der Waals surface area contributed by atoms with Crippen LogP contribution in [0.4, 0.5) is 0 Å². The zero-order valence-corrected chi connectivity index (χ0v) is 13.9. The van der Waals surface area contributed by atoms with Gasteiger partial charge in [-0.15, -0.1) is 0 Å². The maximum atomic E-state index is 6.26. The smallest absolute Gasteiger partial charge is 0.123 e. The molecular formula is C17H19Cl2NO. The summed E-state index contributed by atoms with van der Waals surface area (Å²) in [6.45, 7) is 4.19. The second kappa shape index (κ2) is 7.17. The van der Waals surface area contributed by atoms with E-state index in [2.05, 4.69) is 25.2 Å². The van der Waals surface area contributed by atoms with E-state index in [9.17, 15) is 0 Å². The summed E-state index contributed by atoms with van der Waals surface area (Å²) in [6, 6.07) is 13.8. The third kappa shape index (κ3) is 3.91. The Balaban J connectivity index is 2.16. The van der Waals surface area contributed by atoms with Gasteiger partial charge in [0, 0.05) is 27.7 Å². The molecule has 0 fully saturated rings. The van der Waals surface area contributed by atoms with E-state index in [1.807, 2.05) is 30.3 Å². The van der Waals surface area contributed by atoms with Gasteiger partial charge in [0.15, 0.2) is 0 Å². The van der Waals surface area contributed by atoms with E-state index in [1.54, 1.807) is 13.2 Å². The summed E-state index contributed by atoms with van der Waals surface area (Å²) in [7, 11) is 1.69. The Morgan fingerprint density at radius 3 is 2.29 bits per heavy atom. The van der Waals surface area contributed by atoms with Crippen LogP contribution < -0.4 is 10.1 Å². The summed E-state index contributed by atoms with van der Waals surface area (Å²) in [5, 5.41) is 4.86. The molecule has 2 aromatic rings. The highest BCUT2D eigenvalue weighted by atomic mass is 35.5. The Morgan fingerprint density at radius 1 is 0.952 bits per heavy atom. The first-order valence-electron chi connectivity index (χ1n) is 6.87. The molecule has 0 aliphatic heterocycles. The Morgan fingerprint density at radius 2 is 1.62 bits per heavy atom. The van der Waals surface area contributed by atoms with Gasteiger partial charge in [-0.3, -0.25) is 0 Å². The van der Waals surface area contributed by atoms with Crippen molar-refractivity contribution < 1.29 is 4.74 Å².